The molecule has 0 fully saturated rings. The predicted molar refractivity (Wildman–Crippen MR) is 52.0 cm³/mol. The Morgan fingerprint density at radius 3 is 2.15 bits per heavy atom. The minimum Gasteiger partial charge on any atom is -0.344 e. The van der Waals surface area contributed by atoms with E-state index < -0.39 is 7.82 Å². The van der Waals surface area contributed by atoms with Crippen molar-refractivity contribution in [3.8, 4) is 0 Å². The van der Waals surface area contributed by atoms with Gasteiger partial charge in [0.1, 0.15) is 0 Å². The molecule has 0 aliphatic carbocycles. The molecular formula is C7H20NO4P. The summed E-state index contributed by atoms with van der Waals surface area (Å²) in [5.41, 5.74) is 0. The van der Waals surface area contributed by atoms with Crippen molar-refractivity contribution >= 4 is 7.82 Å². The predicted octanol–water partition coefficient (Wildman–Crippen LogP) is 2.49. The van der Waals surface area contributed by atoms with Crippen molar-refractivity contribution in [1.29, 1.82) is 0 Å². The summed E-state index contributed by atoms with van der Waals surface area (Å²) in [5.74, 6) is 0. The fourth-order valence-electron chi connectivity index (χ4n) is 0.568. The fourth-order valence-corrected chi connectivity index (χ4v) is 1.42. The maximum absolute atomic E-state index is 11.0. The summed E-state index contributed by atoms with van der Waals surface area (Å²) >= 11 is 0. The highest BCUT2D eigenvalue weighted by molar-refractivity contribution is 7.47. The molecule has 1 atom stereocenters. The third-order valence-corrected chi connectivity index (χ3v) is 2.23. The number of hydrogen-bond acceptors (Lipinski definition) is 4. The van der Waals surface area contributed by atoms with E-state index in [0.29, 0.717) is 6.42 Å². The Bertz CT molecular complexity index is 153. The van der Waals surface area contributed by atoms with Crippen molar-refractivity contribution in [2.75, 3.05) is 13.2 Å². The van der Waals surface area contributed by atoms with Gasteiger partial charge in [-0.3, -0.25) is 9.05 Å². The van der Waals surface area contributed by atoms with E-state index in [1.54, 1.807) is 0 Å². The molecule has 5 nitrogen and oxygen atoms in total. The average Bonchev–Trinajstić information content (AvgIpc) is 2.01. The molecule has 1 unspecified atom stereocenters. The first-order chi connectivity index (χ1) is 5.62. The second-order valence-electron chi connectivity index (χ2n) is 2.49. The van der Waals surface area contributed by atoms with Gasteiger partial charge in [-0.25, -0.2) is 4.57 Å². The van der Waals surface area contributed by atoms with Crippen molar-refractivity contribution in [1.82, 2.24) is 6.15 Å². The highest BCUT2D eigenvalue weighted by Crippen LogP contribution is 2.43. The van der Waals surface area contributed by atoms with Crippen LogP contribution in [0.5, 0.6) is 0 Å². The first kappa shape index (κ1) is 15.5. The van der Waals surface area contributed by atoms with Crippen LogP contribution in [0.2, 0.25) is 0 Å². The summed E-state index contributed by atoms with van der Waals surface area (Å²) in [5, 5.41) is 0. The number of hydrogen-bond donors (Lipinski definition) is 2. The van der Waals surface area contributed by atoms with Gasteiger partial charge in [-0.15, -0.1) is 0 Å². The summed E-state index contributed by atoms with van der Waals surface area (Å²) in [6.45, 7) is 4.40. The number of phosphoric ester groups is 1. The molecular weight excluding hydrogens is 193 g/mol. The third-order valence-electron chi connectivity index (χ3n) is 1.21. The van der Waals surface area contributed by atoms with Gasteiger partial charge < -0.3 is 11.0 Å². The van der Waals surface area contributed by atoms with Crippen LogP contribution in [0.1, 0.15) is 33.1 Å². The van der Waals surface area contributed by atoms with E-state index >= 15 is 0 Å². The summed E-state index contributed by atoms with van der Waals surface area (Å²) in [7, 11) is -3.74. The van der Waals surface area contributed by atoms with Crippen LogP contribution in [-0.4, -0.2) is 18.1 Å². The third kappa shape index (κ3) is 9.99. The summed E-state index contributed by atoms with van der Waals surface area (Å²) < 4.78 is 20.2. The molecule has 0 saturated heterocycles. The number of rotatable bonds is 7. The van der Waals surface area contributed by atoms with Gasteiger partial charge in [0.15, 0.2) is 0 Å². The van der Waals surface area contributed by atoms with Crippen molar-refractivity contribution < 1.29 is 18.5 Å². The lowest BCUT2D eigenvalue weighted by molar-refractivity contribution is 0.148. The fraction of sp³-hybridized carbons (Fsp3) is 1.00. The lowest BCUT2D eigenvalue weighted by Gasteiger charge is -2.10. The molecule has 0 bridgehead atoms. The zero-order valence-corrected chi connectivity index (χ0v) is 9.26. The highest BCUT2D eigenvalue weighted by atomic mass is 31.2. The van der Waals surface area contributed by atoms with Crippen molar-refractivity contribution in [2.45, 2.75) is 33.1 Å². The zero-order valence-electron chi connectivity index (χ0n) is 8.36. The van der Waals surface area contributed by atoms with Gasteiger partial charge in [-0.1, -0.05) is 20.3 Å². The van der Waals surface area contributed by atoms with Crippen LogP contribution >= 0.6 is 7.82 Å². The quantitative estimate of drug-likeness (QED) is 0.500. The molecule has 0 aromatic heterocycles. The number of unbranched alkanes of at least 4 members (excludes halogenated alkanes) is 1. The van der Waals surface area contributed by atoms with Gasteiger partial charge in [0.25, 0.3) is 0 Å². The van der Waals surface area contributed by atoms with Crippen LogP contribution in [-0.2, 0) is 13.6 Å². The molecule has 82 valence electrons. The summed E-state index contributed by atoms with van der Waals surface area (Å²) in [6.07, 6.45) is 2.43. The van der Waals surface area contributed by atoms with Gasteiger partial charge in [0, 0.05) is 0 Å². The second-order valence-corrected chi connectivity index (χ2v) is 3.94. The molecule has 0 radical (unpaired) electrons. The molecule has 0 saturated carbocycles. The van der Waals surface area contributed by atoms with E-state index in [4.69, 9.17) is 4.89 Å². The van der Waals surface area contributed by atoms with Gasteiger partial charge in [0.05, 0.1) is 13.2 Å². The van der Waals surface area contributed by atoms with E-state index in [-0.39, 0.29) is 19.4 Å². The zero-order chi connectivity index (χ0) is 9.45. The van der Waals surface area contributed by atoms with E-state index in [1.807, 2.05) is 13.8 Å². The van der Waals surface area contributed by atoms with Crippen LogP contribution in [0, 0.1) is 0 Å². The molecule has 0 rings (SSSR count). The van der Waals surface area contributed by atoms with E-state index in [0.717, 1.165) is 12.8 Å². The van der Waals surface area contributed by atoms with Crippen molar-refractivity contribution in [3.05, 3.63) is 0 Å². The standard InChI is InChI=1S/C7H17O4P.H3N/c1-3-5-7-11-12(8,9)10-6-4-2;/h3-7H2,1-2H3,(H,8,9);1H3. The smallest absolute Gasteiger partial charge is 0.344 e. The SMILES string of the molecule is CCCCOP(=O)(O)OCCC.N. The molecule has 0 aromatic rings. The highest BCUT2D eigenvalue weighted by Gasteiger charge is 2.19. The Kier molecular flexibility index (Phi) is 10.3. The molecule has 6 heteroatoms. The van der Waals surface area contributed by atoms with E-state index in [9.17, 15) is 4.57 Å². The van der Waals surface area contributed by atoms with Crippen LogP contribution < -0.4 is 6.15 Å². The Morgan fingerprint density at radius 2 is 1.69 bits per heavy atom. The normalized spacial score (nSPS) is 14.7. The molecule has 4 N–H and O–H groups in total. The minimum atomic E-state index is -3.74. The Hall–Kier alpha value is 0.0700. The van der Waals surface area contributed by atoms with E-state index in [1.165, 1.54) is 0 Å². The Morgan fingerprint density at radius 1 is 1.15 bits per heavy atom. The van der Waals surface area contributed by atoms with Crippen LogP contribution in [0.15, 0.2) is 0 Å². The maximum atomic E-state index is 11.0. The molecule has 0 aliphatic heterocycles. The molecule has 0 aliphatic rings. The lowest BCUT2D eigenvalue weighted by Crippen LogP contribution is -1.97. The number of phosphoric acid groups is 1. The molecule has 0 heterocycles. The monoisotopic (exact) mass is 213 g/mol. The second kappa shape index (κ2) is 8.66. The van der Waals surface area contributed by atoms with Crippen LogP contribution in [0.25, 0.3) is 0 Å². The van der Waals surface area contributed by atoms with Crippen LogP contribution in [0.4, 0.5) is 0 Å². The van der Waals surface area contributed by atoms with Gasteiger partial charge >= 0.3 is 7.82 Å². The van der Waals surface area contributed by atoms with Crippen molar-refractivity contribution in [2.24, 2.45) is 0 Å². The average molecular weight is 213 g/mol. The topological polar surface area (TPSA) is 90.8 Å². The van der Waals surface area contributed by atoms with Gasteiger partial charge in [-0.2, -0.15) is 0 Å². The molecule has 13 heavy (non-hydrogen) atoms. The van der Waals surface area contributed by atoms with E-state index in [2.05, 4.69) is 9.05 Å². The Balaban J connectivity index is 0. The Labute approximate surface area is 79.6 Å². The minimum absolute atomic E-state index is 0. The molecule has 0 aromatic carbocycles. The first-order valence-corrected chi connectivity index (χ1v) is 5.73. The van der Waals surface area contributed by atoms with Gasteiger partial charge in [0.2, 0.25) is 0 Å². The first-order valence-electron chi connectivity index (χ1n) is 4.24. The van der Waals surface area contributed by atoms with Crippen molar-refractivity contribution in [3.63, 3.8) is 0 Å². The lowest BCUT2D eigenvalue weighted by atomic mass is 10.4. The summed E-state index contributed by atoms with van der Waals surface area (Å²) in [4.78, 5) is 8.98. The molecule has 0 amide bonds. The van der Waals surface area contributed by atoms with Crippen LogP contribution in [0.3, 0.4) is 0 Å². The van der Waals surface area contributed by atoms with Gasteiger partial charge in [-0.05, 0) is 12.8 Å². The molecule has 0 spiro atoms. The largest absolute Gasteiger partial charge is 0.472 e. The maximum Gasteiger partial charge on any atom is 0.472 e. The summed E-state index contributed by atoms with van der Waals surface area (Å²) in [6, 6.07) is 0.